The number of carbonyl (C=O) groups excluding carboxylic acids is 5. The first-order chi connectivity index (χ1) is 49.5. The van der Waals surface area contributed by atoms with E-state index in [4.69, 9.17) is 58.5 Å². The number of pyridine rings is 1. The molecule has 0 spiro atoms. The van der Waals surface area contributed by atoms with Gasteiger partial charge in [0.1, 0.15) is 38.6 Å². The zero-order chi connectivity index (χ0) is 79.5. The molecule has 576 valence electrons. The minimum absolute atomic E-state index is 0.0408. The van der Waals surface area contributed by atoms with Crippen molar-refractivity contribution in [2.75, 3.05) is 52.4 Å². The van der Waals surface area contributed by atoms with Crippen LogP contribution in [0.5, 0.6) is 23.4 Å². The molecule has 0 saturated carbocycles. The quantitative estimate of drug-likeness (QED) is 0.00977. The number of unbranched alkanes of at least 4 members (excludes halogenated alkanes) is 2. The minimum Gasteiger partial charge on any atom is -0.493 e. The zero-order valence-electron chi connectivity index (χ0n) is 58.0. The van der Waals surface area contributed by atoms with E-state index in [9.17, 15) is 85.5 Å². The lowest BCUT2D eigenvalue weighted by atomic mass is 10.0. The summed E-state index contributed by atoms with van der Waals surface area (Å²) in [6.45, 7) is 4.88. The van der Waals surface area contributed by atoms with E-state index in [1.54, 1.807) is 30.0 Å². The lowest BCUT2D eigenvalue weighted by Gasteiger charge is -2.14. The van der Waals surface area contributed by atoms with Crippen molar-refractivity contribution in [2.24, 2.45) is 7.05 Å². The number of methoxy groups -OCH3 is 3. The van der Waals surface area contributed by atoms with Crippen molar-refractivity contribution in [3.8, 4) is 29.1 Å². The van der Waals surface area contributed by atoms with Crippen LogP contribution in [-0.2, 0) is 79.9 Å². The number of sulfone groups is 1. The van der Waals surface area contributed by atoms with Crippen molar-refractivity contribution in [2.45, 2.75) is 107 Å². The molecule has 4 heterocycles. The monoisotopic (exact) mass is 1610 g/mol. The highest BCUT2D eigenvalue weighted by Gasteiger charge is 2.35. The number of amides is 2. The zero-order valence-corrected chi connectivity index (χ0v) is 62.7. The molecule has 2 amide bonds. The number of alkyl halides is 6. The van der Waals surface area contributed by atoms with E-state index in [2.05, 4.69) is 46.8 Å². The number of hydrogen-bond acceptors (Lipinski definition) is 24. The number of halogens is 9. The Kier molecular flexibility index (Phi) is 31.2. The molecule has 2 atom stereocenters. The SMILES string of the molecule is CCCCCC(C)OC(=O)COc1ccc(Cl)c2cccnc12.CCOC(=O)C(Cl)Cc1cc(-n2nc(C)n(C(F)F)c2=O)c(F)cc1Cl.COC(=O)c1ccc(CNS(C)(=O)=O)cc1S(=O)(=O)NC(=O)Nc1nc(OC)cc(OC)n1.Cc1nn(C)c(O)c1C(=O)c1ccc(C(F)(F)F)cc1S(C)(=O)=O. The number of fused-ring (bicyclic) bond motifs is 1. The fraction of sp³-hybridized carbons (Fsp3) is 0.359. The topological polar surface area (TPSA) is 396 Å². The lowest BCUT2D eigenvalue weighted by molar-refractivity contribution is -0.151. The largest absolute Gasteiger partial charge is 0.493 e. The number of benzene rings is 4. The summed E-state index contributed by atoms with van der Waals surface area (Å²) in [6, 6.07) is 14.5. The average molecular weight is 1610 g/mol. The first kappa shape index (κ1) is 87.0. The summed E-state index contributed by atoms with van der Waals surface area (Å²) < 4.78 is 186. The van der Waals surface area contributed by atoms with Crippen LogP contribution in [0.3, 0.4) is 0 Å². The number of rotatable bonds is 26. The van der Waals surface area contributed by atoms with Gasteiger partial charge in [0.25, 0.3) is 10.0 Å². The van der Waals surface area contributed by atoms with Crippen molar-refractivity contribution in [1.29, 1.82) is 0 Å². The number of aromatic nitrogens is 8. The summed E-state index contributed by atoms with van der Waals surface area (Å²) in [7, 11) is -7.28. The van der Waals surface area contributed by atoms with Gasteiger partial charge in [0.15, 0.2) is 22.3 Å². The summed E-state index contributed by atoms with van der Waals surface area (Å²) in [5.74, 6) is -4.41. The molecule has 0 saturated heterocycles. The third-order valence-electron chi connectivity index (χ3n) is 14.2. The fourth-order valence-corrected chi connectivity index (χ4v) is 12.4. The first-order valence-corrected chi connectivity index (χ1v) is 37.2. The van der Waals surface area contributed by atoms with Gasteiger partial charge in [-0.1, -0.05) is 49.0 Å². The highest BCUT2D eigenvalue weighted by Crippen LogP contribution is 2.35. The van der Waals surface area contributed by atoms with Gasteiger partial charge in [0.2, 0.25) is 39.4 Å². The van der Waals surface area contributed by atoms with Gasteiger partial charge in [0.05, 0.1) is 73.1 Å². The van der Waals surface area contributed by atoms with Crippen molar-refractivity contribution >= 4 is 111 Å². The normalized spacial score (nSPS) is 12.0. The maximum absolute atomic E-state index is 14.2. The van der Waals surface area contributed by atoms with Gasteiger partial charge < -0.3 is 33.5 Å². The molecule has 0 fully saturated rings. The Labute approximate surface area is 617 Å². The van der Waals surface area contributed by atoms with Crippen molar-refractivity contribution < 1.29 is 109 Å². The molecule has 8 aromatic rings. The molecule has 0 aliphatic heterocycles. The van der Waals surface area contributed by atoms with Gasteiger partial charge in [-0.3, -0.25) is 19.9 Å². The van der Waals surface area contributed by atoms with E-state index in [0.717, 1.165) is 79.4 Å². The molecule has 4 aromatic heterocycles. The standard InChI is InChI=1S/C18H22ClNO3.C17H21N5O9S2.C15H14Cl2F3N3O3.C14H13F3N2O4S/c1-3-4-5-7-13(2)23-17(21)12-22-16-10-9-15(19)14-8-6-11-20-18(14)16;1-29-13-8-14(30-2)20-16(19-13)21-17(24)22-33(27,28)12-7-10(9-18-32(4,25)26)5-6-11(12)15(23)31-3;1-3-26-13(24)10(17)4-8-5-12(11(18)6-9(8)16)23-15(25)22(14(19)20)7(2)21-23;1-7-11(13(21)19(2)18-7)12(20)9-5-4-8(14(15,16)17)6-10(9)24(3,22)23/h6,8-11,13H,3-5,7,12H2,1-2H3;5-8,18H,9H2,1-4H3,(H2,19,20,21,22,24);5-6,10,14H,3-4H2,1-2H3;4-6,21H,1-3H3. The van der Waals surface area contributed by atoms with Crippen LogP contribution in [0.1, 0.15) is 107 Å². The Hall–Kier alpha value is -9.67. The van der Waals surface area contributed by atoms with Gasteiger partial charge in [-0.15, -0.1) is 16.7 Å². The molecular weight excluding hydrogens is 1540 g/mol. The molecule has 0 bridgehead atoms. The third kappa shape index (κ3) is 24.2. The third-order valence-corrected chi connectivity index (χ3v) is 18.4. The smallest absolute Gasteiger partial charge is 0.416 e. The van der Waals surface area contributed by atoms with Crippen molar-refractivity contribution in [3.63, 3.8) is 0 Å². The Morgan fingerprint density at radius 3 is 2.02 bits per heavy atom. The van der Waals surface area contributed by atoms with Gasteiger partial charge in [-0.2, -0.15) is 41.7 Å². The van der Waals surface area contributed by atoms with Crippen LogP contribution in [0, 0.1) is 19.7 Å². The Morgan fingerprint density at radius 1 is 0.811 bits per heavy atom. The predicted molar refractivity (Wildman–Crippen MR) is 372 cm³/mol. The molecule has 0 radical (unpaired) electrons. The number of sulfonamides is 2. The molecule has 4 aromatic carbocycles. The molecule has 30 nitrogen and oxygen atoms in total. The number of anilines is 1. The number of aromatic hydroxyl groups is 1. The number of aryl methyl sites for hydroxylation is 3. The number of hydrogen-bond donors (Lipinski definition) is 4. The Morgan fingerprint density at radius 2 is 1.46 bits per heavy atom. The van der Waals surface area contributed by atoms with Gasteiger partial charge in [-0.25, -0.2) is 67.5 Å². The van der Waals surface area contributed by atoms with Crippen LogP contribution < -0.4 is 34.7 Å². The summed E-state index contributed by atoms with van der Waals surface area (Å²) in [4.78, 5) is 83.1. The van der Waals surface area contributed by atoms with E-state index in [1.165, 1.54) is 47.2 Å². The second-order valence-corrected chi connectivity index (χ2v) is 29.0. The second-order valence-electron chi connectivity index (χ2n) is 22.2. The number of nitrogens with one attached hydrogen (secondary N) is 3. The van der Waals surface area contributed by atoms with Crippen LogP contribution in [0.4, 0.5) is 37.1 Å². The van der Waals surface area contributed by atoms with Crippen LogP contribution in [-0.4, -0.2) is 158 Å². The Bertz CT molecular complexity index is 4930. The number of urea groups is 1. The minimum atomic E-state index is -4.76. The molecule has 8 rings (SSSR count). The highest BCUT2D eigenvalue weighted by atomic mass is 35.5. The molecule has 42 heteroatoms. The van der Waals surface area contributed by atoms with Gasteiger partial charge >= 0.3 is 42.4 Å². The van der Waals surface area contributed by atoms with Crippen LogP contribution in [0.25, 0.3) is 16.6 Å². The Balaban J connectivity index is 0.000000256. The number of ether oxygens (including phenoxy) is 6. The second kappa shape index (κ2) is 38.0. The molecular formula is C64H70Cl3F6N11O19S3. The number of ketones is 1. The van der Waals surface area contributed by atoms with Crippen molar-refractivity contribution in [1.82, 2.24) is 48.5 Å². The van der Waals surface area contributed by atoms with Gasteiger partial charge in [-0.05, 0) is 118 Å². The maximum atomic E-state index is 14.2. The molecule has 2 unspecified atom stereocenters. The van der Waals surface area contributed by atoms with Crippen LogP contribution >= 0.6 is 34.8 Å². The lowest BCUT2D eigenvalue weighted by Crippen LogP contribution is -2.35. The van der Waals surface area contributed by atoms with Gasteiger partial charge in [0, 0.05) is 48.4 Å². The summed E-state index contributed by atoms with van der Waals surface area (Å²) >= 11 is 18.0. The van der Waals surface area contributed by atoms with E-state index in [-0.39, 0.29) is 105 Å². The molecule has 4 N–H and O–H groups in total. The fourth-order valence-electron chi connectivity index (χ4n) is 9.24. The average Bonchev–Trinajstić information content (AvgIpc) is 1.36. The first-order valence-electron chi connectivity index (χ1n) is 30.8. The van der Waals surface area contributed by atoms with E-state index < -0.39 is 110 Å². The number of nitrogens with zero attached hydrogens (tertiary/aromatic N) is 8. The molecule has 0 aliphatic rings. The van der Waals surface area contributed by atoms with Crippen LogP contribution in [0.2, 0.25) is 10.0 Å². The maximum Gasteiger partial charge on any atom is 0.416 e. The molecule has 106 heavy (non-hydrogen) atoms. The summed E-state index contributed by atoms with van der Waals surface area (Å²) in [5.41, 5.74) is -2.68. The molecule has 0 aliphatic carbocycles. The number of esters is 3. The van der Waals surface area contributed by atoms with Crippen molar-refractivity contribution in [3.05, 3.63) is 156 Å². The number of carbonyl (C=O) groups is 5. The van der Waals surface area contributed by atoms with E-state index in [1.807, 2.05) is 19.1 Å². The van der Waals surface area contributed by atoms with E-state index in [0.29, 0.717) is 39.4 Å². The summed E-state index contributed by atoms with van der Waals surface area (Å²) in [5, 5.41) is 19.7. The highest BCUT2D eigenvalue weighted by molar-refractivity contribution is 7.91. The summed E-state index contributed by atoms with van der Waals surface area (Å²) in [6.07, 6.45) is 2.59. The predicted octanol–water partition coefficient (Wildman–Crippen LogP) is 9.95. The van der Waals surface area contributed by atoms with E-state index >= 15 is 0 Å². The van der Waals surface area contributed by atoms with Crippen LogP contribution in [0.15, 0.2) is 99.6 Å².